The van der Waals surface area contributed by atoms with Crippen molar-refractivity contribution in [2.75, 3.05) is 47.5 Å². The normalized spacial score (nSPS) is 14.1. The molecule has 0 aromatic rings. The highest BCUT2D eigenvalue weighted by molar-refractivity contribution is 7.47. The fraction of sp³-hybridized carbons (Fsp3) is 0.649. The number of likely N-dealkylation sites (N-methyl/N-ethyl adjacent to an activating group) is 1. The van der Waals surface area contributed by atoms with Crippen molar-refractivity contribution in [1.82, 2.24) is 0 Å². The Kier molecular flexibility index (Phi) is 60.3. The van der Waals surface area contributed by atoms with E-state index in [-0.39, 0.29) is 32.0 Å². The predicted molar refractivity (Wildman–Crippen MR) is 362 cm³/mol. The molecule has 0 rings (SSSR count). The van der Waals surface area contributed by atoms with Gasteiger partial charge in [0.05, 0.1) is 27.7 Å². The number of hydrogen-bond donors (Lipinski definition) is 1. The first-order valence-corrected chi connectivity index (χ1v) is 35.1. The van der Waals surface area contributed by atoms with Gasteiger partial charge in [-0.05, 0) is 116 Å². The van der Waals surface area contributed by atoms with E-state index >= 15 is 0 Å². The summed E-state index contributed by atoms with van der Waals surface area (Å²) in [6, 6.07) is 0. The maximum Gasteiger partial charge on any atom is 0.472 e. The number of quaternary nitrogens is 1. The fourth-order valence-electron chi connectivity index (χ4n) is 8.79. The second-order valence-corrected chi connectivity index (χ2v) is 24.5. The molecule has 0 heterocycles. The summed E-state index contributed by atoms with van der Waals surface area (Å²) in [5.41, 5.74) is 0. The number of hydrogen-bond acceptors (Lipinski definition) is 7. The van der Waals surface area contributed by atoms with Crippen LogP contribution in [0.4, 0.5) is 0 Å². The van der Waals surface area contributed by atoms with Crippen molar-refractivity contribution >= 4 is 19.8 Å². The number of unbranched alkanes of at least 4 members (excludes halogenated alkanes) is 22. The van der Waals surface area contributed by atoms with Gasteiger partial charge in [-0.1, -0.05) is 275 Å². The van der Waals surface area contributed by atoms with Gasteiger partial charge in [-0.2, -0.15) is 0 Å². The third-order valence-electron chi connectivity index (χ3n) is 13.9. The summed E-state index contributed by atoms with van der Waals surface area (Å²) in [7, 11) is 1.43. The quantitative estimate of drug-likeness (QED) is 0.0211. The minimum Gasteiger partial charge on any atom is -0.462 e. The molecular formula is C74H125NO8P+. The Balaban J connectivity index is 4.14. The average molecular weight is 1190 g/mol. The fourth-order valence-corrected chi connectivity index (χ4v) is 9.53. The van der Waals surface area contributed by atoms with E-state index in [2.05, 4.69) is 160 Å². The van der Waals surface area contributed by atoms with E-state index in [1.807, 2.05) is 21.1 Å². The van der Waals surface area contributed by atoms with E-state index in [4.69, 9.17) is 18.5 Å². The Morgan fingerprint density at radius 2 is 0.643 bits per heavy atom. The lowest BCUT2D eigenvalue weighted by Gasteiger charge is -2.24. The first-order valence-electron chi connectivity index (χ1n) is 33.6. The molecule has 0 amide bonds. The maximum atomic E-state index is 12.8. The molecule has 0 aromatic carbocycles. The van der Waals surface area contributed by atoms with Crippen LogP contribution >= 0.6 is 7.82 Å². The van der Waals surface area contributed by atoms with Crippen molar-refractivity contribution < 1.29 is 42.1 Å². The molecule has 0 radical (unpaired) electrons. The molecule has 2 unspecified atom stereocenters. The van der Waals surface area contributed by atoms with Gasteiger partial charge in [-0.15, -0.1) is 0 Å². The highest BCUT2D eigenvalue weighted by Gasteiger charge is 2.27. The number of nitrogens with zero attached hydrogens (tertiary/aromatic N) is 1. The Hall–Kier alpha value is -4.11. The van der Waals surface area contributed by atoms with Gasteiger partial charge >= 0.3 is 19.8 Å². The highest BCUT2D eigenvalue weighted by Crippen LogP contribution is 2.43. The van der Waals surface area contributed by atoms with E-state index in [0.717, 1.165) is 109 Å². The molecule has 2 atom stereocenters. The number of rotatable bonds is 60. The van der Waals surface area contributed by atoms with Crippen LogP contribution in [0.3, 0.4) is 0 Å². The molecule has 10 heteroatoms. The molecule has 0 aliphatic rings. The van der Waals surface area contributed by atoms with Gasteiger partial charge in [-0.25, -0.2) is 4.57 Å². The zero-order valence-electron chi connectivity index (χ0n) is 54.3. The minimum absolute atomic E-state index is 0.0164. The van der Waals surface area contributed by atoms with Crippen LogP contribution in [0, 0.1) is 0 Å². The second-order valence-electron chi connectivity index (χ2n) is 23.1. The molecule has 0 fully saturated rings. The lowest BCUT2D eigenvalue weighted by molar-refractivity contribution is -0.870. The van der Waals surface area contributed by atoms with Gasteiger partial charge in [0.25, 0.3) is 0 Å². The van der Waals surface area contributed by atoms with Crippen molar-refractivity contribution in [3.05, 3.63) is 146 Å². The minimum atomic E-state index is -4.41. The summed E-state index contributed by atoms with van der Waals surface area (Å²) in [5, 5.41) is 0. The molecule has 0 bridgehead atoms. The predicted octanol–water partition coefficient (Wildman–Crippen LogP) is 21.8. The number of allylic oxidation sites excluding steroid dienone is 24. The summed E-state index contributed by atoms with van der Waals surface area (Å²) in [6.45, 7) is 4.16. The van der Waals surface area contributed by atoms with Crippen molar-refractivity contribution in [2.45, 2.75) is 264 Å². The van der Waals surface area contributed by atoms with Gasteiger partial charge in [0.2, 0.25) is 0 Å². The van der Waals surface area contributed by atoms with E-state index in [0.29, 0.717) is 17.4 Å². The van der Waals surface area contributed by atoms with Crippen LogP contribution in [0.25, 0.3) is 0 Å². The Morgan fingerprint density at radius 1 is 0.369 bits per heavy atom. The number of carbonyl (C=O) groups excluding carboxylic acids is 2. The van der Waals surface area contributed by atoms with E-state index < -0.39 is 26.5 Å². The van der Waals surface area contributed by atoms with Crippen LogP contribution in [0.15, 0.2) is 146 Å². The third-order valence-corrected chi connectivity index (χ3v) is 14.8. The first kappa shape index (κ1) is 79.9. The summed E-state index contributed by atoms with van der Waals surface area (Å²) in [4.78, 5) is 35.8. The SMILES string of the molecule is CC/C=C\C/C=C\C/C=C\C/C=C\C/C=C\C/C=C\C/C=C\C/C=C\CCCCC(=O)OC(COC(=O)CCCCCCCCCCCCCCCCCCCCCC/C=C\C/C=C\C/C=C\C/C=C\CC)COP(=O)(O)OCC[N+](C)(C)C. The van der Waals surface area contributed by atoms with E-state index in [9.17, 15) is 19.0 Å². The summed E-state index contributed by atoms with van der Waals surface area (Å²) in [5.74, 6) is -0.851. The monoisotopic (exact) mass is 1190 g/mol. The second kappa shape index (κ2) is 63.4. The first-order chi connectivity index (χ1) is 41.0. The summed E-state index contributed by atoms with van der Waals surface area (Å²) >= 11 is 0. The summed E-state index contributed by atoms with van der Waals surface area (Å²) < 4.78 is 34.6. The van der Waals surface area contributed by atoms with Gasteiger partial charge < -0.3 is 18.9 Å². The van der Waals surface area contributed by atoms with Gasteiger partial charge in [0.15, 0.2) is 6.10 Å². The number of phosphoric ester groups is 1. The van der Waals surface area contributed by atoms with Crippen molar-refractivity contribution in [2.24, 2.45) is 0 Å². The van der Waals surface area contributed by atoms with Crippen LogP contribution in [-0.2, 0) is 32.7 Å². The molecule has 0 saturated heterocycles. The van der Waals surface area contributed by atoms with Crippen LogP contribution in [0.2, 0.25) is 0 Å². The highest BCUT2D eigenvalue weighted by atomic mass is 31.2. The topological polar surface area (TPSA) is 108 Å². The van der Waals surface area contributed by atoms with E-state index in [1.54, 1.807) is 0 Å². The Labute approximate surface area is 516 Å². The molecule has 9 nitrogen and oxygen atoms in total. The van der Waals surface area contributed by atoms with E-state index in [1.165, 1.54) is 116 Å². The Bertz CT molecular complexity index is 1930. The molecule has 1 N–H and O–H groups in total. The Morgan fingerprint density at radius 3 is 0.976 bits per heavy atom. The van der Waals surface area contributed by atoms with Crippen molar-refractivity contribution in [3.8, 4) is 0 Å². The molecule has 0 aromatic heterocycles. The van der Waals surface area contributed by atoms with Crippen LogP contribution in [0.1, 0.15) is 258 Å². The lowest BCUT2D eigenvalue weighted by atomic mass is 10.0. The van der Waals surface area contributed by atoms with Gasteiger partial charge in [0, 0.05) is 12.8 Å². The lowest BCUT2D eigenvalue weighted by Crippen LogP contribution is -2.37. The van der Waals surface area contributed by atoms with Crippen LogP contribution < -0.4 is 0 Å². The zero-order valence-corrected chi connectivity index (χ0v) is 55.2. The average Bonchev–Trinajstić information content (AvgIpc) is 3.61. The number of ether oxygens (including phenoxy) is 2. The molecule has 0 saturated carbocycles. The zero-order chi connectivity index (χ0) is 61.2. The standard InChI is InChI=1S/C74H124NO8P/c1-6-8-10-12-14-16-18-20-22-24-26-28-30-32-34-35-36-37-38-39-41-42-44-46-48-50-52-54-56-58-60-62-64-66-73(76)80-70-72(71-82-84(78,79)81-69-68-75(3,4)5)83-74(77)67-65-63-61-59-57-55-53-51-49-47-45-43-40-33-31-29-27-25-23-21-19-17-15-13-11-9-7-2/h8-11,14-17,20-23,26-29,33,40,45,47,51,53,57,59,72H,6-7,12-13,18-19,24-25,30-32,34-39,41-44,46,48-50,52,54-56,58,60-71H2,1-5H3/p+1/b10-8-,11-9-,16-14-,17-15-,22-20-,23-21-,28-26-,29-27-,40-33-,47-45-,53-51-,59-57-. The van der Waals surface area contributed by atoms with Gasteiger partial charge in [-0.3, -0.25) is 18.6 Å². The molecule has 0 aliphatic heterocycles. The summed E-state index contributed by atoms with van der Waals surface area (Å²) in [6.07, 6.45) is 93.8. The molecule has 0 aliphatic carbocycles. The number of carbonyl (C=O) groups is 2. The molecule has 478 valence electrons. The molecule has 0 spiro atoms. The number of phosphoric acid groups is 1. The largest absolute Gasteiger partial charge is 0.472 e. The third kappa shape index (κ3) is 67.0. The van der Waals surface area contributed by atoms with Crippen molar-refractivity contribution in [3.63, 3.8) is 0 Å². The smallest absolute Gasteiger partial charge is 0.462 e. The van der Waals surface area contributed by atoms with Crippen LogP contribution in [0.5, 0.6) is 0 Å². The van der Waals surface area contributed by atoms with Crippen LogP contribution in [-0.4, -0.2) is 74.9 Å². The number of esters is 2. The van der Waals surface area contributed by atoms with Gasteiger partial charge in [0.1, 0.15) is 19.8 Å². The maximum absolute atomic E-state index is 12.8. The van der Waals surface area contributed by atoms with Crippen molar-refractivity contribution in [1.29, 1.82) is 0 Å². The molecule has 84 heavy (non-hydrogen) atoms. The molecular weight excluding hydrogens is 1060 g/mol.